The van der Waals surface area contributed by atoms with Crippen LogP contribution in [0.2, 0.25) is 0 Å². The van der Waals surface area contributed by atoms with E-state index in [2.05, 4.69) is 31.9 Å². The molecule has 2 nitrogen and oxygen atoms in total. The van der Waals surface area contributed by atoms with Crippen LogP contribution >= 0.6 is 31.9 Å². The zero-order valence-corrected chi connectivity index (χ0v) is 13.7. The summed E-state index contributed by atoms with van der Waals surface area (Å²) < 4.78 is 7.56. The van der Waals surface area contributed by atoms with Crippen molar-refractivity contribution in [2.75, 3.05) is 0 Å². The summed E-state index contributed by atoms with van der Waals surface area (Å²) in [6.45, 7) is 3.55. The lowest BCUT2D eigenvalue weighted by molar-refractivity contribution is 0.101. The summed E-state index contributed by atoms with van der Waals surface area (Å²) in [6, 6.07) is 11.1. The van der Waals surface area contributed by atoms with Gasteiger partial charge in [-0.25, -0.2) is 0 Å². The highest BCUT2D eigenvalue weighted by Crippen LogP contribution is 2.29. The van der Waals surface area contributed by atoms with E-state index in [1.165, 1.54) is 0 Å². The minimum absolute atomic E-state index is 0.0258. The van der Waals surface area contributed by atoms with Crippen molar-refractivity contribution in [3.05, 3.63) is 56.5 Å². The van der Waals surface area contributed by atoms with Gasteiger partial charge in [0.1, 0.15) is 11.5 Å². The van der Waals surface area contributed by atoms with Gasteiger partial charge in [0.05, 0.1) is 0 Å². The predicted octanol–water partition coefficient (Wildman–Crippen LogP) is 5.51. The van der Waals surface area contributed by atoms with Crippen LogP contribution in [0, 0.1) is 6.92 Å². The standard InChI is InChI=1S/C15H12Br2O2/c1-9-7-11(4-6-14(9)16)19-12-3-5-13(10(2)18)15(17)8-12/h3-8H,1-2H3. The quantitative estimate of drug-likeness (QED) is 0.652. The van der Waals surface area contributed by atoms with Crippen LogP contribution in [0.15, 0.2) is 45.3 Å². The molecule has 0 unspecified atom stereocenters. The van der Waals surface area contributed by atoms with Crippen molar-refractivity contribution < 1.29 is 9.53 Å². The molecule has 0 aliphatic rings. The molecule has 0 aliphatic heterocycles. The Morgan fingerprint density at radius 1 is 1.00 bits per heavy atom. The fraction of sp³-hybridized carbons (Fsp3) is 0.133. The van der Waals surface area contributed by atoms with E-state index in [1.54, 1.807) is 25.1 Å². The number of carbonyl (C=O) groups excluding carboxylic acids is 1. The zero-order chi connectivity index (χ0) is 14.0. The average molecular weight is 384 g/mol. The molecule has 0 heterocycles. The van der Waals surface area contributed by atoms with Crippen molar-refractivity contribution in [3.8, 4) is 11.5 Å². The minimum Gasteiger partial charge on any atom is -0.457 e. The maximum Gasteiger partial charge on any atom is 0.160 e. The molecule has 2 rings (SSSR count). The van der Waals surface area contributed by atoms with Gasteiger partial charge in [-0.05, 0) is 71.7 Å². The number of hydrogen-bond acceptors (Lipinski definition) is 2. The number of hydrogen-bond donors (Lipinski definition) is 0. The van der Waals surface area contributed by atoms with Gasteiger partial charge in [0.25, 0.3) is 0 Å². The number of ether oxygens (including phenoxy) is 1. The molecule has 0 fully saturated rings. The van der Waals surface area contributed by atoms with Gasteiger partial charge in [0.2, 0.25) is 0 Å². The molecule has 0 amide bonds. The van der Waals surface area contributed by atoms with Crippen LogP contribution in [0.1, 0.15) is 22.8 Å². The summed E-state index contributed by atoms with van der Waals surface area (Å²) in [5.74, 6) is 1.49. The van der Waals surface area contributed by atoms with Crippen LogP contribution in [0.4, 0.5) is 0 Å². The second-order valence-electron chi connectivity index (χ2n) is 4.21. The van der Waals surface area contributed by atoms with Gasteiger partial charge in [-0.15, -0.1) is 0 Å². The van der Waals surface area contributed by atoms with Crippen LogP contribution in [-0.4, -0.2) is 5.78 Å². The van der Waals surface area contributed by atoms with Crippen LogP contribution in [0.3, 0.4) is 0 Å². The fourth-order valence-electron chi connectivity index (χ4n) is 1.66. The van der Waals surface area contributed by atoms with Gasteiger partial charge >= 0.3 is 0 Å². The second kappa shape index (κ2) is 5.88. The van der Waals surface area contributed by atoms with E-state index < -0.39 is 0 Å². The summed E-state index contributed by atoms with van der Waals surface area (Å²) in [7, 11) is 0. The summed E-state index contributed by atoms with van der Waals surface area (Å²) in [6.07, 6.45) is 0. The van der Waals surface area contributed by atoms with Crippen molar-refractivity contribution in [1.29, 1.82) is 0 Å². The molecule has 0 spiro atoms. The van der Waals surface area contributed by atoms with Crippen LogP contribution in [-0.2, 0) is 0 Å². The first-order valence-corrected chi connectivity index (χ1v) is 7.30. The number of ketones is 1. The summed E-state index contributed by atoms with van der Waals surface area (Å²) in [4.78, 5) is 11.3. The number of benzene rings is 2. The molecule has 2 aromatic rings. The molecule has 0 saturated carbocycles. The Labute approximate surface area is 129 Å². The first-order valence-electron chi connectivity index (χ1n) is 5.72. The van der Waals surface area contributed by atoms with Crippen molar-refractivity contribution >= 4 is 37.6 Å². The van der Waals surface area contributed by atoms with E-state index in [4.69, 9.17) is 4.74 Å². The number of Topliss-reactive ketones (excluding diaryl/α,β-unsaturated/α-hetero) is 1. The highest BCUT2D eigenvalue weighted by atomic mass is 79.9. The monoisotopic (exact) mass is 382 g/mol. The van der Waals surface area contributed by atoms with E-state index in [0.717, 1.165) is 20.3 Å². The molecule has 0 N–H and O–H groups in total. The Bertz CT molecular complexity index is 636. The van der Waals surface area contributed by atoms with Crippen molar-refractivity contribution in [2.45, 2.75) is 13.8 Å². The Hall–Kier alpha value is -1.13. The summed E-state index contributed by atoms with van der Waals surface area (Å²) in [5, 5.41) is 0. The molecule has 98 valence electrons. The third kappa shape index (κ3) is 3.45. The van der Waals surface area contributed by atoms with E-state index in [1.807, 2.05) is 25.1 Å². The number of rotatable bonds is 3. The van der Waals surface area contributed by atoms with Gasteiger partial charge in [-0.3, -0.25) is 4.79 Å². The second-order valence-corrected chi connectivity index (χ2v) is 5.92. The third-order valence-electron chi connectivity index (χ3n) is 2.68. The molecule has 0 aromatic heterocycles. The number of carbonyl (C=O) groups is 1. The van der Waals surface area contributed by atoms with E-state index >= 15 is 0 Å². The molecule has 19 heavy (non-hydrogen) atoms. The molecule has 2 aromatic carbocycles. The summed E-state index contributed by atoms with van der Waals surface area (Å²) in [5.41, 5.74) is 1.76. The van der Waals surface area contributed by atoms with Crippen molar-refractivity contribution in [2.24, 2.45) is 0 Å². The lowest BCUT2D eigenvalue weighted by Crippen LogP contribution is -1.94. The lowest BCUT2D eigenvalue weighted by Gasteiger charge is -2.09. The largest absolute Gasteiger partial charge is 0.457 e. The molecule has 0 saturated heterocycles. The molecular weight excluding hydrogens is 372 g/mol. The molecule has 0 atom stereocenters. The van der Waals surface area contributed by atoms with Crippen molar-refractivity contribution in [1.82, 2.24) is 0 Å². The molecule has 0 bridgehead atoms. The highest BCUT2D eigenvalue weighted by molar-refractivity contribution is 9.10. The van der Waals surface area contributed by atoms with Crippen LogP contribution < -0.4 is 4.74 Å². The topological polar surface area (TPSA) is 26.3 Å². The number of aryl methyl sites for hydroxylation is 1. The van der Waals surface area contributed by atoms with Crippen LogP contribution in [0.25, 0.3) is 0 Å². The van der Waals surface area contributed by atoms with Crippen molar-refractivity contribution in [3.63, 3.8) is 0 Å². The minimum atomic E-state index is 0.0258. The van der Waals surface area contributed by atoms with Gasteiger partial charge in [-0.1, -0.05) is 15.9 Å². The van der Waals surface area contributed by atoms with Crippen LogP contribution in [0.5, 0.6) is 11.5 Å². The molecule has 0 aliphatic carbocycles. The van der Waals surface area contributed by atoms with Gasteiger partial charge in [0.15, 0.2) is 5.78 Å². The normalized spacial score (nSPS) is 10.3. The number of halogens is 2. The first-order chi connectivity index (χ1) is 8.97. The van der Waals surface area contributed by atoms with E-state index in [0.29, 0.717) is 11.3 Å². The Morgan fingerprint density at radius 3 is 2.21 bits per heavy atom. The smallest absolute Gasteiger partial charge is 0.160 e. The van der Waals surface area contributed by atoms with E-state index in [9.17, 15) is 4.79 Å². The van der Waals surface area contributed by atoms with Gasteiger partial charge in [-0.2, -0.15) is 0 Å². The Kier molecular flexibility index (Phi) is 4.42. The Balaban J connectivity index is 2.26. The SMILES string of the molecule is CC(=O)c1ccc(Oc2ccc(Br)c(C)c2)cc1Br. The zero-order valence-electron chi connectivity index (χ0n) is 10.5. The first kappa shape index (κ1) is 14.3. The third-order valence-corrected chi connectivity index (χ3v) is 4.23. The molecular formula is C15H12Br2O2. The molecule has 0 radical (unpaired) electrons. The maximum atomic E-state index is 11.3. The summed E-state index contributed by atoms with van der Waals surface area (Å²) >= 11 is 6.83. The lowest BCUT2D eigenvalue weighted by atomic mass is 10.1. The predicted molar refractivity (Wildman–Crippen MR) is 83.1 cm³/mol. The van der Waals surface area contributed by atoms with Gasteiger partial charge < -0.3 is 4.74 Å². The highest BCUT2D eigenvalue weighted by Gasteiger charge is 2.07. The molecule has 4 heteroatoms. The maximum absolute atomic E-state index is 11.3. The average Bonchev–Trinajstić information content (AvgIpc) is 2.33. The Morgan fingerprint density at radius 2 is 1.63 bits per heavy atom. The fourth-order valence-corrected chi connectivity index (χ4v) is 2.55. The van der Waals surface area contributed by atoms with E-state index in [-0.39, 0.29) is 5.78 Å². The van der Waals surface area contributed by atoms with Gasteiger partial charge in [0, 0.05) is 14.5 Å².